The minimum absolute atomic E-state index is 0.0103. The number of carbonyl (C=O) groups excluding carboxylic acids is 2. The van der Waals surface area contributed by atoms with E-state index in [9.17, 15) is 9.59 Å². The Morgan fingerprint density at radius 2 is 1.85 bits per heavy atom. The second kappa shape index (κ2) is 12.1. The van der Waals surface area contributed by atoms with Crippen LogP contribution in [0.4, 0.5) is 5.82 Å². The number of benzene rings is 2. The first kappa shape index (κ1) is 24.4. The summed E-state index contributed by atoms with van der Waals surface area (Å²) in [4.78, 5) is 26.8. The van der Waals surface area contributed by atoms with Gasteiger partial charge in [0.1, 0.15) is 18.1 Å². The zero-order valence-electron chi connectivity index (χ0n) is 19.1. The molecule has 1 unspecified atom stereocenters. The molecule has 174 valence electrons. The third kappa shape index (κ3) is 7.68. The molecule has 0 saturated carbocycles. The molecule has 3 aromatic rings. The van der Waals surface area contributed by atoms with E-state index in [0.29, 0.717) is 31.3 Å². The smallest absolute Gasteiger partial charge is 0.238 e. The van der Waals surface area contributed by atoms with Crippen molar-refractivity contribution < 1.29 is 18.8 Å². The fourth-order valence-electron chi connectivity index (χ4n) is 3.05. The van der Waals surface area contributed by atoms with Gasteiger partial charge in [-0.1, -0.05) is 47.6 Å². The highest BCUT2D eigenvalue weighted by Crippen LogP contribution is 2.18. The van der Waals surface area contributed by atoms with Gasteiger partial charge in [0, 0.05) is 19.2 Å². The van der Waals surface area contributed by atoms with E-state index in [-0.39, 0.29) is 17.6 Å². The topological polar surface area (TPSA) is 84.7 Å². The normalized spacial score (nSPS) is 11.6. The molecule has 1 aromatic heterocycles. The summed E-state index contributed by atoms with van der Waals surface area (Å²) >= 11 is 1.30. The number of amides is 2. The van der Waals surface area contributed by atoms with Crippen LogP contribution in [-0.4, -0.2) is 39.4 Å². The van der Waals surface area contributed by atoms with Gasteiger partial charge in [0.25, 0.3) is 0 Å². The Labute approximate surface area is 198 Å². The monoisotopic (exact) mass is 467 g/mol. The lowest BCUT2D eigenvalue weighted by Crippen LogP contribution is -2.33. The first-order chi connectivity index (χ1) is 15.9. The first-order valence-corrected chi connectivity index (χ1v) is 11.9. The van der Waals surface area contributed by atoms with Crippen LogP contribution in [0.5, 0.6) is 5.75 Å². The maximum Gasteiger partial charge on any atom is 0.238 e. The lowest BCUT2D eigenvalue weighted by atomic mass is 10.2. The van der Waals surface area contributed by atoms with Gasteiger partial charge in [-0.3, -0.25) is 9.59 Å². The largest absolute Gasteiger partial charge is 0.489 e. The van der Waals surface area contributed by atoms with Crippen molar-refractivity contribution >= 4 is 29.4 Å². The van der Waals surface area contributed by atoms with Gasteiger partial charge < -0.3 is 19.5 Å². The number of thioether (sulfide) groups is 1. The average Bonchev–Trinajstić information content (AvgIpc) is 3.25. The van der Waals surface area contributed by atoms with Gasteiger partial charge in [-0.15, -0.1) is 11.8 Å². The molecule has 1 N–H and O–H groups in total. The summed E-state index contributed by atoms with van der Waals surface area (Å²) in [5.41, 5.74) is 2.13. The van der Waals surface area contributed by atoms with Crippen molar-refractivity contribution in [3.63, 3.8) is 0 Å². The van der Waals surface area contributed by atoms with Gasteiger partial charge in [0.05, 0.1) is 11.0 Å². The van der Waals surface area contributed by atoms with Gasteiger partial charge in [-0.25, -0.2) is 0 Å². The van der Waals surface area contributed by atoms with E-state index < -0.39 is 5.25 Å². The second-order valence-corrected chi connectivity index (χ2v) is 8.92. The van der Waals surface area contributed by atoms with Crippen LogP contribution in [0.25, 0.3) is 0 Å². The predicted octanol–water partition coefficient (Wildman–Crippen LogP) is 4.67. The van der Waals surface area contributed by atoms with Crippen LogP contribution in [0.3, 0.4) is 0 Å². The first-order valence-electron chi connectivity index (χ1n) is 10.8. The SMILES string of the molecule is CCN(Cc1ccc(OCc2ccccc2)cc1)C(=O)CSC(C)C(=O)Nc1cc(C)on1. The van der Waals surface area contributed by atoms with Crippen molar-refractivity contribution in [2.24, 2.45) is 0 Å². The van der Waals surface area contributed by atoms with Crippen LogP contribution in [0.2, 0.25) is 0 Å². The summed E-state index contributed by atoms with van der Waals surface area (Å²) in [6.45, 7) is 7.08. The van der Waals surface area contributed by atoms with Crippen molar-refractivity contribution in [2.75, 3.05) is 17.6 Å². The number of nitrogens with zero attached hydrogens (tertiary/aromatic N) is 2. The Bertz CT molecular complexity index is 1040. The van der Waals surface area contributed by atoms with E-state index in [0.717, 1.165) is 16.9 Å². The van der Waals surface area contributed by atoms with E-state index in [1.807, 2.05) is 61.5 Å². The van der Waals surface area contributed by atoms with E-state index in [1.165, 1.54) is 11.8 Å². The third-order valence-electron chi connectivity index (χ3n) is 4.98. The number of hydrogen-bond acceptors (Lipinski definition) is 6. The number of anilines is 1. The number of aryl methyl sites for hydroxylation is 1. The van der Waals surface area contributed by atoms with Crippen molar-refractivity contribution in [2.45, 2.75) is 39.2 Å². The maximum absolute atomic E-state index is 12.7. The summed E-state index contributed by atoms with van der Waals surface area (Å²) in [6.07, 6.45) is 0. The van der Waals surface area contributed by atoms with Crippen LogP contribution >= 0.6 is 11.8 Å². The molecule has 1 heterocycles. The molecule has 3 rings (SSSR count). The third-order valence-corrected chi connectivity index (χ3v) is 6.11. The molecule has 0 aliphatic rings. The number of carbonyl (C=O) groups is 2. The van der Waals surface area contributed by atoms with Gasteiger partial charge in [-0.05, 0) is 44.0 Å². The summed E-state index contributed by atoms with van der Waals surface area (Å²) in [5, 5.41) is 6.05. The minimum atomic E-state index is -0.397. The van der Waals surface area contributed by atoms with Gasteiger partial charge in [0.15, 0.2) is 5.82 Å². The molecule has 7 nitrogen and oxygen atoms in total. The molecular formula is C25H29N3O4S. The Kier molecular flexibility index (Phi) is 8.95. The van der Waals surface area contributed by atoms with Gasteiger partial charge >= 0.3 is 0 Å². The molecule has 33 heavy (non-hydrogen) atoms. The highest BCUT2D eigenvalue weighted by atomic mass is 32.2. The zero-order valence-corrected chi connectivity index (χ0v) is 19.9. The molecule has 1 atom stereocenters. The molecule has 0 aliphatic carbocycles. The maximum atomic E-state index is 12.7. The Balaban J connectivity index is 1.45. The average molecular weight is 468 g/mol. The quantitative estimate of drug-likeness (QED) is 0.441. The fourth-order valence-corrected chi connectivity index (χ4v) is 3.83. The van der Waals surface area contributed by atoms with Crippen molar-refractivity contribution in [1.29, 1.82) is 0 Å². The predicted molar refractivity (Wildman–Crippen MR) is 130 cm³/mol. The van der Waals surface area contributed by atoms with E-state index in [1.54, 1.807) is 24.8 Å². The molecule has 2 aromatic carbocycles. The number of aromatic nitrogens is 1. The molecule has 0 fully saturated rings. The molecule has 2 amide bonds. The lowest BCUT2D eigenvalue weighted by Gasteiger charge is -2.22. The molecule has 0 spiro atoms. The molecular weight excluding hydrogens is 438 g/mol. The van der Waals surface area contributed by atoms with E-state index in [2.05, 4.69) is 10.5 Å². The number of ether oxygens (including phenoxy) is 1. The Hall–Kier alpha value is -3.26. The Morgan fingerprint density at radius 1 is 1.12 bits per heavy atom. The van der Waals surface area contributed by atoms with Crippen LogP contribution in [0.1, 0.15) is 30.7 Å². The lowest BCUT2D eigenvalue weighted by molar-refractivity contribution is -0.128. The molecule has 0 radical (unpaired) electrons. The van der Waals surface area contributed by atoms with Crippen LogP contribution in [0.15, 0.2) is 65.2 Å². The van der Waals surface area contributed by atoms with Crippen LogP contribution < -0.4 is 10.1 Å². The number of nitrogens with one attached hydrogen (secondary N) is 1. The Morgan fingerprint density at radius 3 is 2.48 bits per heavy atom. The highest BCUT2D eigenvalue weighted by Gasteiger charge is 2.19. The highest BCUT2D eigenvalue weighted by molar-refractivity contribution is 8.01. The standard InChI is InChI=1S/C25H29N3O4S/c1-4-28(24(29)17-33-19(3)25(30)26-23-14-18(2)32-27-23)15-20-10-12-22(13-11-20)31-16-21-8-6-5-7-9-21/h5-14,19H,4,15-17H2,1-3H3,(H,26,27,30). The van der Waals surface area contributed by atoms with Crippen molar-refractivity contribution in [3.8, 4) is 5.75 Å². The van der Waals surface area contributed by atoms with E-state index >= 15 is 0 Å². The zero-order chi connectivity index (χ0) is 23.6. The van der Waals surface area contributed by atoms with Crippen molar-refractivity contribution in [1.82, 2.24) is 10.1 Å². The van der Waals surface area contributed by atoms with Gasteiger partial charge in [-0.2, -0.15) is 0 Å². The molecule has 0 bridgehead atoms. The second-order valence-electron chi connectivity index (χ2n) is 7.59. The van der Waals surface area contributed by atoms with Crippen molar-refractivity contribution in [3.05, 3.63) is 77.6 Å². The van der Waals surface area contributed by atoms with Crippen LogP contribution in [0, 0.1) is 6.92 Å². The minimum Gasteiger partial charge on any atom is -0.489 e. The summed E-state index contributed by atoms with van der Waals surface area (Å²) < 4.78 is 10.8. The summed E-state index contributed by atoms with van der Waals surface area (Å²) in [5.74, 6) is 1.78. The molecule has 0 aliphatic heterocycles. The summed E-state index contributed by atoms with van der Waals surface area (Å²) in [7, 11) is 0. The fraction of sp³-hybridized carbons (Fsp3) is 0.320. The molecule has 0 saturated heterocycles. The van der Waals surface area contributed by atoms with E-state index in [4.69, 9.17) is 9.26 Å². The number of hydrogen-bond donors (Lipinski definition) is 1. The molecule has 8 heteroatoms. The van der Waals surface area contributed by atoms with Crippen LogP contribution in [-0.2, 0) is 22.7 Å². The summed E-state index contributed by atoms with van der Waals surface area (Å²) in [6, 6.07) is 19.4. The van der Waals surface area contributed by atoms with Gasteiger partial charge in [0.2, 0.25) is 11.8 Å². The number of rotatable bonds is 11.